The normalized spacial score (nSPS) is 21.0. The van der Waals surface area contributed by atoms with Crippen molar-refractivity contribution >= 4 is 5.91 Å². The molecule has 0 bridgehead atoms. The number of hydrogen-bond donors (Lipinski definition) is 0. The first kappa shape index (κ1) is 17.3. The lowest BCUT2D eigenvalue weighted by Gasteiger charge is -2.45. The zero-order valence-electron chi connectivity index (χ0n) is 13.6. The highest BCUT2D eigenvalue weighted by atomic mass is 19.4. The van der Waals surface area contributed by atoms with E-state index in [-0.39, 0.29) is 23.3 Å². The molecule has 0 aromatic heterocycles. The van der Waals surface area contributed by atoms with Gasteiger partial charge in [0, 0.05) is 26.3 Å². The number of benzene rings is 1. The van der Waals surface area contributed by atoms with E-state index in [9.17, 15) is 18.0 Å². The number of carbonyl (C=O) groups excluding carboxylic acids is 1. The van der Waals surface area contributed by atoms with Gasteiger partial charge in [0.15, 0.2) is 0 Å². The number of halogens is 3. The molecule has 0 saturated carbocycles. The third-order valence-electron chi connectivity index (χ3n) is 5.23. The molecule has 3 nitrogen and oxygen atoms in total. The fraction of sp³-hybridized carbons (Fsp3) is 0.611. The third-order valence-corrected chi connectivity index (χ3v) is 5.23. The van der Waals surface area contributed by atoms with E-state index in [1.54, 1.807) is 11.0 Å². The highest BCUT2D eigenvalue weighted by molar-refractivity contribution is 5.79. The summed E-state index contributed by atoms with van der Waals surface area (Å²) < 4.78 is 44.7. The average molecular weight is 341 g/mol. The molecular formula is C18H22F3NO2. The SMILES string of the molecule is O=C(Cc1ccccc1C(F)(F)F)N1CCCC2(CCOCC2)C1. The van der Waals surface area contributed by atoms with Gasteiger partial charge in [0.25, 0.3) is 0 Å². The summed E-state index contributed by atoms with van der Waals surface area (Å²) in [5.74, 6) is -0.211. The van der Waals surface area contributed by atoms with Crippen LogP contribution in [0.5, 0.6) is 0 Å². The highest BCUT2D eigenvalue weighted by Gasteiger charge is 2.39. The van der Waals surface area contributed by atoms with Crippen molar-refractivity contribution in [2.24, 2.45) is 5.41 Å². The summed E-state index contributed by atoms with van der Waals surface area (Å²) in [5, 5.41) is 0. The summed E-state index contributed by atoms with van der Waals surface area (Å²) in [5.41, 5.74) is -0.562. The Bertz CT molecular complexity index is 589. The molecule has 2 aliphatic rings. The van der Waals surface area contributed by atoms with Crippen LogP contribution in [0.3, 0.4) is 0 Å². The van der Waals surface area contributed by atoms with Crippen LogP contribution in [0.4, 0.5) is 13.2 Å². The lowest BCUT2D eigenvalue weighted by Crippen LogP contribution is -2.48. The molecule has 0 N–H and O–H groups in total. The molecule has 2 aliphatic heterocycles. The molecule has 24 heavy (non-hydrogen) atoms. The van der Waals surface area contributed by atoms with Crippen molar-refractivity contribution in [3.8, 4) is 0 Å². The van der Waals surface area contributed by atoms with Gasteiger partial charge in [-0.1, -0.05) is 18.2 Å². The number of carbonyl (C=O) groups is 1. The number of rotatable bonds is 2. The molecule has 1 spiro atoms. The van der Waals surface area contributed by atoms with Crippen LogP contribution < -0.4 is 0 Å². The number of alkyl halides is 3. The van der Waals surface area contributed by atoms with Crippen molar-refractivity contribution in [1.82, 2.24) is 4.90 Å². The number of likely N-dealkylation sites (tertiary alicyclic amines) is 1. The minimum Gasteiger partial charge on any atom is -0.381 e. The molecule has 0 unspecified atom stereocenters. The summed E-state index contributed by atoms with van der Waals surface area (Å²) in [6.45, 7) is 2.69. The van der Waals surface area contributed by atoms with Gasteiger partial charge in [-0.2, -0.15) is 13.2 Å². The summed E-state index contributed by atoms with van der Waals surface area (Å²) in [6.07, 6.45) is -0.791. The molecule has 0 aliphatic carbocycles. The fourth-order valence-electron chi connectivity index (χ4n) is 3.86. The van der Waals surface area contributed by atoms with Crippen molar-refractivity contribution in [2.45, 2.75) is 38.3 Å². The van der Waals surface area contributed by atoms with Gasteiger partial charge in [0.2, 0.25) is 5.91 Å². The van der Waals surface area contributed by atoms with E-state index in [0.717, 1.165) is 31.7 Å². The van der Waals surface area contributed by atoms with Crippen LogP contribution in [0.2, 0.25) is 0 Å². The van der Waals surface area contributed by atoms with Crippen molar-refractivity contribution in [2.75, 3.05) is 26.3 Å². The Morgan fingerprint density at radius 3 is 2.58 bits per heavy atom. The van der Waals surface area contributed by atoms with E-state index in [1.807, 2.05) is 0 Å². The molecule has 0 radical (unpaired) electrons. The van der Waals surface area contributed by atoms with Crippen LogP contribution in [0.15, 0.2) is 24.3 Å². The smallest absolute Gasteiger partial charge is 0.381 e. The summed E-state index contributed by atoms with van der Waals surface area (Å²) in [7, 11) is 0. The van der Waals surface area contributed by atoms with Crippen LogP contribution in [0.25, 0.3) is 0 Å². The fourth-order valence-corrected chi connectivity index (χ4v) is 3.86. The third kappa shape index (κ3) is 3.74. The predicted octanol–water partition coefficient (Wildman–Crippen LogP) is 3.67. The zero-order chi connectivity index (χ0) is 17.2. The van der Waals surface area contributed by atoms with Gasteiger partial charge in [-0.25, -0.2) is 0 Å². The van der Waals surface area contributed by atoms with Gasteiger partial charge in [0.1, 0.15) is 0 Å². The quantitative estimate of drug-likeness (QED) is 0.821. The number of piperidine rings is 1. The molecule has 132 valence electrons. The van der Waals surface area contributed by atoms with E-state index in [2.05, 4.69) is 0 Å². The van der Waals surface area contributed by atoms with E-state index in [4.69, 9.17) is 4.74 Å². The summed E-state index contributed by atoms with van der Waals surface area (Å²) in [6, 6.07) is 5.34. The Morgan fingerprint density at radius 2 is 1.88 bits per heavy atom. The first-order valence-electron chi connectivity index (χ1n) is 8.40. The average Bonchev–Trinajstić information content (AvgIpc) is 2.55. The highest BCUT2D eigenvalue weighted by Crippen LogP contribution is 2.39. The van der Waals surface area contributed by atoms with Gasteiger partial charge in [-0.3, -0.25) is 4.79 Å². The van der Waals surface area contributed by atoms with Gasteiger partial charge < -0.3 is 9.64 Å². The van der Waals surface area contributed by atoms with Crippen molar-refractivity contribution in [3.63, 3.8) is 0 Å². The number of hydrogen-bond acceptors (Lipinski definition) is 2. The minimum atomic E-state index is -4.43. The van der Waals surface area contributed by atoms with Crippen LogP contribution in [0.1, 0.15) is 36.8 Å². The second-order valence-electron chi connectivity index (χ2n) is 6.86. The van der Waals surface area contributed by atoms with Gasteiger partial charge in [-0.15, -0.1) is 0 Å². The molecule has 1 aromatic rings. The summed E-state index contributed by atoms with van der Waals surface area (Å²) in [4.78, 5) is 14.4. The first-order valence-corrected chi connectivity index (χ1v) is 8.40. The lowest BCUT2D eigenvalue weighted by atomic mass is 9.74. The molecule has 1 aromatic carbocycles. The minimum absolute atomic E-state index is 0.0570. The van der Waals surface area contributed by atoms with Crippen LogP contribution in [0, 0.1) is 5.41 Å². The monoisotopic (exact) mass is 341 g/mol. The standard InChI is InChI=1S/C18H22F3NO2/c19-18(20,21)15-5-2-1-4-14(15)12-16(23)22-9-3-6-17(13-22)7-10-24-11-8-17/h1-2,4-5H,3,6-13H2. The number of nitrogens with zero attached hydrogens (tertiary/aromatic N) is 1. The van der Waals surface area contributed by atoms with Crippen LogP contribution >= 0.6 is 0 Å². The van der Waals surface area contributed by atoms with E-state index in [0.29, 0.717) is 26.3 Å². The maximum absolute atomic E-state index is 13.1. The van der Waals surface area contributed by atoms with E-state index >= 15 is 0 Å². The molecule has 2 fully saturated rings. The van der Waals surface area contributed by atoms with E-state index < -0.39 is 11.7 Å². The van der Waals surface area contributed by atoms with Crippen LogP contribution in [-0.2, 0) is 22.1 Å². The molecule has 2 saturated heterocycles. The number of ether oxygens (including phenoxy) is 1. The lowest BCUT2D eigenvalue weighted by molar-refractivity contribution is -0.139. The molecule has 2 heterocycles. The second kappa shape index (κ2) is 6.75. The predicted molar refractivity (Wildman–Crippen MR) is 83.4 cm³/mol. The maximum Gasteiger partial charge on any atom is 0.416 e. The number of amides is 1. The van der Waals surface area contributed by atoms with E-state index in [1.165, 1.54) is 12.1 Å². The zero-order valence-corrected chi connectivity index (χ0v) is 13.6. The maximum atomic E-state index is 13.1. The summed E-state index contributed by atoms with van der Waals surface area (Å²) >= 11 is 0. The van der Waals surface area contributed by atoms with Crippen molar-refractivity contribution in [1.29, 1.82) is 0 Å². The largest absolute Gasteiger partial charge is 0.416 e. The Balaban J connectivity index is 1.71. The molecule has 0 atom stereocenters. The van der Waals surface area contributed by atoms with Crippen molar-refractivity contribution < 1.29 is 22.7 Å². The topological polar surface area (TPSA) is 29.5 Å². The molecule has 6 heteroatoms. The Hall–Kier alpha value is -1.56. The van der Waals surface area contributed by atoms with Gasteiger partial charge >= 0.3 is 6.18 Å². The Labute approximate surface area is 139 Å². The molecule has 3 rings (SSSR count). The van der Waals surface area contributed by atoms with Crippen molar-refractivity contribution in [3.05, 3.63) is 35.4 Å². The Morgan fingerprint density at radius 1 is 1.17 bits per heavy atom. The van der Waals surface area contributed by atoms with Gasteiger partial charge in [-0.05, 0) is 42.7 Å². The molecular weight excluding hydrogens is 319 g/mol. The Kier molecular flexibility index (Phi) is 4.85. The van der Waals surface area contributed by atoms with Crippen LogP contribution in [-0.4, -0.2) is 37.1 Å². The van der Waals surface area contributed by atoms with Gasteiger partial charge in [0.05, 0.1) is 12.0 Å². The first-order chi connectivity index (χ1) is 11.4. The second-order valence-corrected chi connectivity index (χ2v) is 6.86. The molecule has 1 amide bonds.